The molecule has 26 heavy (non-hydrogen) atoms. The zero-order chi connectivity index (χ0) is 18.6. The fourth-order valence-corrected chi connectivity index (χ4v) is 3.91. The third-order valence-corrected chi connectivity index (χ3v) is 5.65. The molecule has 1 aromatic carbocycles. The van der Waals surface area contributed by atoms with Crippen LogP contribution >= 0.6 is 0 Å². The van der Waals surface area contributed by atoms with E-state index in [0.29, 0.717) is 17.4 Å². The number of amides is 1. The Bertz CT molecular complexity index is 820. The van der Waals surface area contributed by atoms with Crippen LogP contribution in [-0.4, -0.2) is 46.8 Å². The number of hydrogen-bond acceptors (Lipinski definition) is 4. The lowest BCUT2D eigenvalue weighted by Crippen LogP contribution is -2.52. The van der Waals surface area contributed by atoms with E-state index in [1.165, 1.54) is 31.9 Å². The van der Waals surface area contributed by atoms with Crippen LogP contribution in [0.3, 0.4) is 0 Å². The molecule has 1 amide bonds. The van der Waals surface area contributed by atoms with E-state index in [2.05, 4.69) is 29.4 Å². The van der Waals surface area contributed by atoms with Crippen molar-refractivity contribution < 1.29 is 4.79 Å². The highest BCUT2D eigenvalue weighted by Gasteiger charge is 2.33. The summed E-state index contributed by atoms with van der Waals surface area (Å²) < 4.78 is 1.60. The van der Waals surface area contributed by atoms with Crippen LogP contribution in [0.5, 0.6) is 0 Å². The second kappa shape index (κ2) is 7.99. The number of carbonyl (C=O) groups excluding carboxylic acids is 1. The fraction of sp³-hybridized carbons (Fsp3) is 0.550. The molecule has 3 rings (SSSR count). The molecule has 1 fully saturated rings. The first-order chi connectivity index (χ1) is 12.5. The van der Waals surface area contributed by atoms with E-state index in [0.717, 1.165) is 12.8 Å². The van der Waals surface area contributed by atoms with Crippen molar-refractivity contribution in [3.8, 4) is 0 Å². The number of benzene rings is 1. The predicted molar refractivity (Wildman–Crippen MR) is 103 cm³/mol. The molecule has 1 aliphatic rings. The van der Waals surface area contributed by atoms with Crippen molar-refractivity contribution in [3.05, 3.63) is 40.7 Å². The van der Waals surface area contributed by atoms with Gasteiger partial charge in [-0.2, -0.15) is 5.10 Å². The quantitative estimate of drug-likeness (QED) is 0.834. The van der Waals surface area contributed by atoms with Crippen molar-refractivity contribution in [3.63, 3.8) is 0 Å². The van der Waals surface area contributed by atoms with Gasteiger partial charge >= 0.3 is 0 Å². The molecule has 1 aliphatic carbocycles. The van der Waals surface area contributed by atoms with Gasteiger partial charge in [0.2, 0.25) is 11.3 Å². The molecule has 1 saturated carbocycles. The molecule has 2 aromatic rings. The molecule has 0 atom stereocenters. The predicted octanol–water partition coefficient (Wildman–Crippen LogP) is 2.17. The Morgan fingerprint density at radius 3 is 2.58 bits per heavy atom. The van der Waals surface area contributed by atoms with Gasteiger partial charge in [0, 0.05) is 17.5 Å². The van der Waals surface area contributed by atoms with Crippen molar-refractivity contribution in [1.82, 2.24) is 20.0 Å². The number of nitrogens with one attached hydrogen (secondary N) is 1. The molecule has 0 bridgehead atoms. The first-order valence-corrected chi connectivity index (χ1v) is 9.41. The monoisotopic (exact) mass is 356 g/mol. The average molecular weight is 356 g/mol. The summed E-state index contributed by atoms with van der Waals surface area (Å²) in [5, 5.41) is 7.84. The van der Waals surface area contributed by atoms with Crippen LogP contribution < -0.4 is 10.7 Å². The van der Waals surface area contributed by atoms with E-state index in [1.807, 2.05) is 18.2 Å². The molecule has 1 aromatic heterocycles. The smallest absolute Gasteiger partial charge is 0.241 e. The number of rotatable bonds is 5. The number of fused-ring (bicyclic) bond motifs is 1. The van der Waals surface area contributed by atoms with Gasteiger partial charge in [0.15, 0.2) is 0 Å². The maximum Gasteiger partial charge on any atom is 0.241 e. The van der Waals surface area contributed by atoms with Crippen LogP contribution in [-0.2, 0) is 11.3 Å². The van der Waals surface area contributed by atoms with Gasteiger partial charge in [-0.1, -0.05) is 37.8 Å². The number of aromatic nitrogens is 2. The van der Waals surface area contributed by atoms with Gasteiger partial charge in [-0.05, 0) is 39.1 Å². The zero-order valence-corrected chi connectivity index (χ0v) is 15.7. The van der Waals surface area contributed by atoms with Crippen molar-refractivity contribution in [2.24, 2.45) is 0 Å². The lowest BCUT2D eigenvalue weighted by molar-refractivity contribution is -0.122. The van der Waals surface area contributed by atoms with Gasteiger partial charge in [-0.3, -0.25) is 14.3 Å². The van der Waals surface area contributed by atoms with Crippen LogP contribution in [0, 0.1) is 0 Å². The zero-order valence-electron chi connectivity index (χ0n) is 15.7. The summed E-state index contributed by atoms with van der Waals surface area (Å²) in [5.41, 5.74) is 0.597. The second-order valence-corrected chi connectivity index (χ2v) is 7.49. The maximum atomic E-state index is 12.6. The van der Waals surface area contributed by atoms with Crippen LogP contribution in [0.25, 0.3) is 10.9 Å². The highest BCUT2D eigenvalue weighted by atomic mass is 16.2. The van der Waals surface area contributed by atoms with Crippen molar-refractivity contribution in [1.29, 1.82) is 0 Å². The van der Waals surface area contributed by atoms with Crippen molar-refractivity contribution in [2.45, 2.75) is 50.6 Å². The largest absolute Gasteiger partial charge is 0.353 e. The summed E-state index contributed by atoms with van der Waals surface area (Å²) in [5.74, 6) is -0.0724. The van der Waals surface area contributed by atoms with E-state index in [1.54, 1.807) is 10.7 Å². The molecule has 0 aliphatic heterocycles. The Kier molecular flexibility index (Phi) is 5.71. The van der Waals surface area contributed by atoms with Gasteiger partial charge in [-0.25, -0.2) is 0 Å². The Balaban J connectivity index is 1.71. The molecule has 140 valence electrons. The second-order valence-electron chi connectivity index (χ2n) is 7.49. The van der Waals surface area contributed by atoms with E-state index >= 15 is 0 Å². The first kappa shape index (κ1) is 18.6. The molecule has 1 N–H and O–H groups in total. The van der Waals surface area contributed by atoms with Crippen LogP contribution in [0.1, 0.15) is 38.5 Å². The van der Waals surface area contributed by atoms with Gasteiger partial charge in [0.25, 0.3) is 0 Å². The standard InChI is InChI=1S/C20H28N4O2/c1-23(2)20(11-7-3-4-8-12-20)15-21-19(26)14-24-17-10-6-5-9-16(17)18(25)13-22-24/h5-6,9-10,13H,3-4,7-8,11-12,14-15H2,1-2H3,(H,21,26). The molecular weight excluding hydrogens is 328 g/mol. The minimum atomic E-state index is -0.123. The third-order valence-electron chi connectivity index (χ3n) is 5.65. The molecular formula is C20H28N4O2. The van der Waals surface area contributed by atoms with E-state index in [9.17, 15) is 9.59 Å². The Morgan fingerprint density at radius 2 is 1.88 bits per heavy atom. The molecule has 1 heterocycles. The maximum absolute atomic E-state index is 12.6. The first-order valence-electron chi connectivity index (χ1n) is 9.41. The summed E-state index contributed by atoms with van der Waals surface area (Å²) in [6.07, 6.45) is 8.47. The van der Waals surface area contributed by atoms with Crippen molar-refractivity contribution in [2.75, 3.05) is 20.6 Å². The lowest BCUT2D eigenvalue weighted by atomic mass is 9.88. The minimum absolute atomic E-state index is 0.0329. The molecule has 0 spiro atoms. The molecule has 0 radical (unpaired) electrons. The number of hydrogen-bond donors (Lipinski definition) is 1. The Hall–Kier alpha value is -2.21. The van der Waals surface area contributed by atoms with Crippen LogP contribution in [0.4, 0.5) is 0 Å². The minimum Gasteiger partial charge on any atom is -0.353 e. The third kappa shape index (κ3) is 3.96. The highest BCUT2D eigenvalue weighted by Crippen LogP contribution is 2.30. The van der Waals surface area contributed by atoms with Crippen molar-refractivity contribution >= 4 is 16.8 Å². The number of likely N-dealkylation sites (N-methyl/N-ethyl adjacent to an activating group) is 1. The summed E-state index contributed by atoms with van der Waals surface area (Å²) in [6.45, 7) is 0.765. The average Bonchev–Trinajstić information content (AvgIpc) is 2.89. The van der Waals surface area contributed by atoms with Gasteiger partial charge < -0.3 is 10.2 Å². The summed E-state index contributed by atoms with van der Waals surface area (Å²) >= 11 is 0. The lowest BCUT2D eigenvalue weighted by Gasteiger charge is -2.39. The van der Waals surface area contributed by atoms with Gasteiger partial charge in [0.1, 0.15) is 6.54 Å². The fourth-order valence-electron chi connectivity index (χ4n) is 3.91. The normalized spacial score (nSPS) is 17.2. The number of para-hydroxylation sites is 1. The summed E-state index contributed by atoms with van der Waals surface area (Å²) in [7, 11) is 4.21. The molecule has 6 nitrogen and oxygen atoms in total. The van der Waals surface area contributed by atoms with E-state index < -0.39 is 0 Å². The van der Waals surface area contributed by atoms with Gasteiger partial charge in [-0.15, -0.1) is 0 Å². The number of carbonyl (C=O) groups is 1. The molecule has 0 saturated heterocycles. The molecule has 0 unspecified atom stereocenters. The Labute approximate surface area is 154 Å². The Morgan fingerprint density at radius 1 is 1.19 bits per heavy atom. The highest BCUT2D eigenvalue weighted by molar-refractivity contribution is 5.81. The van der Waals surface area contributed by atoms with E-state index in [4.69, 9.17) is 0 Å². The molecule has 6 heteroatoms. The number of nitrogens with zero attached hydrogens (tertiary/aromatic N) is 3. The summed E-state index contributed by atoms with van der Waals surface area (Å²) in [4.78, 5) is 26.8. The SMILES string of the molecule is CN(C)C1(CNC(=O)Cn2ncc(=O)c3ccccc32)CCCCCC1. The summed E-state index contributed by atoms with van der Waals surface area (Å²) in [6, 6.07) is 7.26. The van der Waals surface area contributed by atoms with Crippen LogP contribution in [0.2, 0.25) is 0 Å². The van der Waals surface area contributed by atoms with Gasteiger partial charge in [0.05, 0.1) is 11.7 Å². The van der Waals surface area contributed by atoms with Crippen LogP contribution in [0.15, 0.2) is 35.3 Å². The topological polar surface area (TPSA) is 67.2 Å². The van der Waals surface area contributed by atoms with E-state index in [-0.39, 0.29) is 23.4 Å².